The fourth-order valence-corrected chi connectivity index (χ4v) is 2.79. The molecule has 0 radical (unpaired) electrons. The molecule has 2 rings (SSSR count). The largest absolute Gasteiger partial charge is 0.480 e. The van der Waals surface area contributed by atoms with E-state index in [-0.39, 0.29) is 11.8 Å². The zero-order valence-electron chi connectivity index (χ0n) is 14.9. The van der Waals surface area contributed by atoms with Gasteiger partial charge in [-0.1, -0.05) is 51.1 Å². The number of nitrogens with zero attached hydrogens (tertiary/aromatic N) is 2. The topological polar surface area (TPSA) is 84.2 Å². The molecule has 0 aliphatic rings. The van der Waals surface area contributed by atoms with Crippen molar-refractivity contribution in [2.75, 3.05) is 0 Å². The second-order valence-corrected chi connectivity index (χ2v) is 6.50. The first-order valence-electron chi connectivity index (χ1n) is 8.54. The minimum atomic E-state index is -1.02. The van der Waals surface area contributed by atoms with E-state index in [1.54, 1.807) is 4.68 Å². The second-order valence-electron chi connectivity index (χ2n) is 6.50. The summed E-state index contributed by atoms with van der Waals surface area (Å²) in [7, 11) is 0. The molecule has 0 bridgehead atoms. The summed E-state index contributed by atoms with van der Waals surface area (Å²) >= 11 is 0. The Morgan fingerprint density at radius 3 is 2.48 bits per heavy atom. The number of carboxylic acid groups (broad SMARTS) is 1. The molecule has 1 heterocycles. The van der Waals surface area contributed by atoms with Crippen LogP contribution in [0, 0.1) is 5.92 Å². The molecule has 0 fully saturated rings. The van der Waals surface area contributed by atoms with Crippen molar-refractivity contribution < 1.29 is 14.7 Å². The minimum absolute atomic E-state index is 0.174. The lowest BCUT2D eigenvalue weighted by atomic mass is 10.0. The fourth-order valence-electron chi connectivity index (χ4n) is 2.79. The molecule has 2 N–H and O–H groups in total. The summed E-state index contributed by atoms with van der Waals surface area (Å²) < 4.78 is 1.79. The summed E-state index contributed by atoms with van der Waals surface area (Å²) in [6.07, 6.45) is 2.55. The van der Waals surface area contributed by atoms with Crippen molar-refractivity contribution in [3.63, 3.8) is 0 Å². The molecular formula is C19H25N3O3. The van der Waals surface area contributed by atoms with E-state index in [1.807, 2.05) is 51.1 Å². The molecule has 134 valence electrons. The van der Waals surface area contributed by atoms with Gasteiger partial charge in [0.05, 0.1) is 24.0 Å². The van der Waals surface area contributed by atoms with Crippen molar-refractivity contribution in [1.29, 1.82) is 0 Å². The summed E-state index contributed by atoms with van der Waals surface area (Å²) in [6.45, 7) is 6.39. The average Bonchev–Trinajstić information content (AvgIpc) is 2.97. The average molecular weight is 343 g/mol. The van der Waals surface area contributed by atoms with Crippen LogP contribution in [0.4, 0.5) is 0 Å². The van der Waals surface area contributed by atoms with Crippen molar-refractivity contribution in [3.8, 4) is 0 Å². The highest BCUT2D eigenvalue weighted by atomic mass is 16.4. The predicted molar refractivity (Wildman–Crippen MR) is 95.5 cm³/mol. The first kappa shape index (κ1) is 18.7. The van der Waals surface area contributed by atoms with E-state index in [0.717, 1.165) is 11.3 Å². The summed E-state index contributed by atoms with van der Waals surface area (Å²) in [5.74, 6) is -1.23. The van der Waals surface area contributed by atoms with Crippen molar-refractivity contribution in [3.05, 3.63) is 53.3 Å². The van der Waals surface area contributed by atoms with Crippen molar-refractivity contribution in [2.24, 2.45) is 5.92 Å². The zero-order valence-corrected chi connectivity index (χ0v) is 14.9. The van der Waals surface area contributed by atoms with E-state index in [1.165, 1.54) is 6.20 Å². The Balaban J connectivity index is 2.18. The third-order valence-corrected chi connectivity index (χ3v) is 4.01. The predicted octanol–water partition coefficient (Wildman–Crippen LogP) is 2.72. The summed E-state index contributed by atoms with van der Waals surface area (Å²) in [5.41, 5.74) is 2.33. The molecule has 1 amide bonds. The number of aliphatic carboxylic acids is 1. The molecule has 0 unspecified atom stereocenters. The quantitative estimate of drug-likeness (QED) is 0.772. The Bertz CT molecular complexity index is 723. The Labute approximate surface area is 147 Å². The monoisotopic (exact) mass is 343 g/mol. The molecule has 0 aliphatic heterocycles. The maximum atomic E-state index is 12.6. The van der Waals surface area contributed by atoms with Crippen LogP contribution >= 0.6 is 0 Å². The van der Waals surface area contributed by atoms with Gasteiger partial charge < -0.3 is 10.4 Å². The van der Waals surface area contributed by atoms with Crippen molar-refractivity contribution in [1.82, 2.24) is 15.1 Å². The standard InChI is InChI=1S/C19H25N3O3/c1-4-17-15(18(23)21-16(19(24)25)10-13(2)3)11-20-22(17)12-14-8-6-5-7-9-14/h5-9,11,13,16H,4,10,12H2,1-3H3,(H,21,23)(H,24,25)/t16-/m1/s1. The van der Waals surface area contributed by atoms with Gasteiger partial charge in [-0.25, -0.2) is 4.79 Å². The SMILES string of the molecule is CCc1c(C(=O)N[C@H](CC(C)C)C(=O)O)cnn1Cc1ccccc1. The maximum absolute atomic E-state index is 12.6. The van der Waals surface area contributed by atoms with Crippen molar-refractivity contribution >= 4 is 11.9 Å². The molecule has 6 nitrogen and oxygen atoms in total. The molecule has 1 aromatic heterocycles. The Kier molecular flexibility index (Phi) is 6.33. The van der Waals surface area contributed by atoms with E-state index in [9.17, 15) is 14.7 Å². The van der Waals surface area contributed by atoms with Gasteiger partial charge in [0.2, 0.25) is 0 Å². The van der Waals surface area contributed by atoms with Gasteiger partial charge in [0.1, 0.15) is 6.04 Å². The van der Waals surface area contributed by atoms with Crippen LogP contribution in [0.2, 0.25) is 0 Å². The van der Waals surface area contributed by atoms with Crippen LogP contribution in [0.15, 0.2) is 36.5 Å². The lowest BCUT2D eigenvalue weighted by molar-refractivity contribution is -0.139. The molecule has 0 aliphatic carbocycles. The van der Waals surface area contributed by atoms with E-state index >= 15 is 0 Å². The number of hydrogen-bond acceptors (Lipinski definition) is 3. The Morgan fingerprint density at radius 2 is 1.92 bits per heavy atom. The number of carboxylic acids is 1. The molecule has 25 heavy (non-hydrogen) atoms. The van der Waals surface area contributed by atoms with Crippen LogP contribution in [0.5, 0.6) is 0 Å². The molecule has 1 atom stereocenters. The molecule has 0 saturated heterocycles. The normalized spacial score (nSPS) is 12.2. The van der Waals surface area contributed by atoms with Gasteiger partial charge in [0.15, 0.2) is 0 Å². The van der Waals surface area contributed by atoms with Gasteiger partial charge in [0, 0.05) is 0 Å². The van der Waals surface area contributed by atoms with Crippen LogP contribution < -0.4 is 5.32 Å². The lowest BCUT2D eigenvalue weighted by Gasteiger charge is -2.16. The fraction of sp³-hybridized carbons (Fsp3) is 0.421. The van der Waals surface area contributed by atoms with Crippen LogP contribution in [0.3, 0.4) is 0 Å². The summed E-state index contributed by atoms with van der Waals surface area (Å²) in [6, 6.07) is 8.98. The number of rotatable bonds is 8. The van der Waals surface area contributed by atoms with Gasteiger partial charge in [-0.3, -0.25) is 9.48 Å². The number of nitrogens with one attached hydrogen (secondary N) is 1. The van der Waals surface area contributed by atoms with E-state index in [4.69, 9.17) is 0 Å². The minimum Gasteiger partial charge on any atom is -0.480 e. The number of benzene rings is 1. The van der Waals surface area contributed by atoms with Crippen molar-refractivity contribution in [2.45, 2.75) is 46.2 Å². The van der Waals surface area contributed by atoms with Gasteiger partial charge >= 0.3 is 5.97 Å². The summed E-state index contributed by atoms with van der Waals surface area (Å²) in [4.78, 5) is 23.9. The number of carbonyl (C=O) groups excluding carboxylic acids is 1. The smallest absolute Gasteiger partial charge is 0.326 e. The van der Waals surface area contributed by atoms with E-state index in [0.29, 0.717) is 24.9 Å². The van der Waals surface area contributed by atoms with Crippen LogP contribution in [-0.2, 0) is 17.8 Å². The summed E-state index contributed by atoms with van der Waals surface area (Å²) in [5, 5.41) is 16.3. The van der Waals surface area contributed by atoms with Gasteiger partial charge in [-0.15, -0.1) is 0 Å². The first-order valence-corrected chi connectivity index (χ1v) is 8.54. The third kappa shape index (κ3) is 4.92. The van der Waals surface area contributed by atoms with E-state index in [2.05, 4.69) is 10.4 Å². The second kappa shape index (κ2) is 8.46. The number of carbonyl (C=O) groups is 2. The third-order valence-electron chi connectivity index (χ3n) is 4.01. The van der Waals surface area contributed by atoms with Gasteiger partial charge in [-0.2, -0.15) is 5.10 Å². The highest BCUT2D eigenvalue weighted by Crippen LogP contribution is 2.14. The Morgan fingerprint density at radius 1 is 1.24 bits per heavy atom. The number of aromatic nitrogens is 2. The molecule has 0 spiro atoms. The maximum Gasteiger partial charge on any atom is 0.326 e. The molecule has 6 heteroatoms. The van der Waals surface area contributed by atoms with Crippen LogP contribution in [0.1, 0.15) is 48.8 Å². The number of hydrogen-bond donors (Lipinski definition) is 2. The highest BCUT2D eigenvalue weighted by molar-refractivity contribution is 5.97. The highest BCUT2D eigenvalue weighted by Gasteiger charge is 2.24. The molecule has 2 aromatic rings. The molecule has 1 aromatic carbocycles. The first-order chi connectivity index (χ1) is 11.9. The zero-order chi connectivity index (χ0) is 18.4. The molecule has 0 saturated carbocycles. The number of amides is 1. The Hall–Kier alpha value is -2.63. The van der Waals surface area contributed by atoms with Crippen LogP contribution in [0.25, 0.3) is 0 Å². The van der Waals surface area contributed by atoms with E-state index < -0.39 is 12.0 Å². The van der Waals surface area contributed by atoms with Gasteiger partial charge in [0.25, 0.3) is 5.91 Å². The lowest BCUT2D eigenvalue weighted by Crippen LogP contribution is -2.41. The van der Waals surface area contributed by atoms with Crippen LogP contribution in [-0.4, -0.2) is 32.8 Å². The molecular weight excluding hydrogens is 318 g/mol. The van der Waals surface area contributed by atoms with Gasteiger partial charge in [-0.05, 0) is 24.3 Å².